The van der Waals surface area contributed by atoms with E-state index in [0.717, 1.165) is 10.2 Å². The Labute approximate surface area is 127 Å². The van der Waals surface area contributed by atoms with Crippen LogP contribution in [0.15, 0.2) is 48.5 Å². The molecule has 0 spiro atoms. The van der Waals surface area contributed by atoms with Crippen LogP contribution < -0.4 is 5.32 Å². The van der Waals surface area contributed by atoms with E-state index in [2.05, 4.69) is 4.98 Å². The quantitative estimate of drug-likeness (QED) is 0.756. The minimum atomic E-state index is -4.93. The summed E-state index contributed by atoms with van der Waals surface area (Å²) in [5.74, 6) is -2.00. The second kappa shape index (κ2) is 5.42. The standard InChI is InChI=1S/C15H9F3N2OS/c16-15(17,18)14(21)20-10-6-2-1-5-9(10)13-19-11-7-3-4-8-12(11)22-13/h1-8H,(H,20,21). The summed E-state index contributed by atoms with van der Waals surface area (Å²) in [4.78, 5) is 15.5. The maximum Gasteiger partial charge on any atom is 0.471 e. The summed E-state index contributed by atoms with van der Waals surface area (Å²) in [7, 11) is 0. The highest BCUT2D eigenvalue weighted by Crippen LogP contribution is 2.34. The Morgan fingerprint density at radius 3 is 2.45 bits per heavy atom. The number of hydrogen-bond donors (Lipinski definition) is 1. The molecular formula is C15H9F3N2OS. The molecule has 0 aliphatic heterocycles. The summed E-state index contributed by atoms with van der Waals surface area (Å²) in [6, 6.07) is 13.7. The van der Waals surface area contributed by atoms with Gasteiger partial charge >= 0.3 is 12.1 Å². The number of nitrogens with one attached hydrogen (secondary N) is 1. The van der Waals surface area contributed by atoms with Gasteiger partial charge in [0.05, 0.1) is 15.9 Å². The number of para-hydroxylation sites is 2. The SMILES string of the molecule is O=C(Nc1ccccc1-c1nc2ccccc2s1)C(F)(F)F. The molecule has 3 rings (SSSR count). The van der Waals surface area contributed by atoms with Gasteiger partial charge in [-0.3, -0.25) is 4.79 Å². The zero-order valence-electron chi connectivity index (χ0n) is 11.0. The Balaban J connectivity index is 2.02. The van der Waals surface area contributed by atoms with Crippen molar-refractivity contribution in [1.29, 1.82) is 0 Å². The minimum Gasteiger partial charge on any atom is -0.318 e. The first-order chi connectivity index (χ1) is 10.4. The molecule has 112 valence electrons. The van der Waals surface area contributed by atoms with Crippen LogP contribution in [0.3, 0.4) is 0 Å². The van der Waals surface area contributed by atoms with Crippen LogP contribution in [0.4, 0.5) is 18.9 Å². The van der Waals surface area contributed by atoms with E-state index in [-0.39, 0.29) is 5.69 Å². The summed E-state index contributed by atoms with van der Waals surface area (Å²) < 4.78 is 38.2. The molecule has 1 heterocycles. The average Bonchev–Trinajstić information content (AvgIpc) is 2.90. The van der Waals surface area contributed by atoms with Crippen LogP contribution in [-0.2, 0) is 4.79 Å². The van der Waals surface area contributed by atoms with Crippen LogP contribution >= 0.6 is 11.3 Å². The van der Waals surface area contributed by atoms with Crippen LogP contribution in [0.25, 0.3) is 20.8 Å². The third-order valence-electron chi connectivity index (χ3n) is 2.96. The number of benzene rings is 2. The molecule has 3 nitrogen and oxygen atoms in total. The van der Waals surface area contributed by atoms with Crippen LogP contribution in [0.5, 0.6) is 0 Å². The molecule has 1 N–H and O–H groups in total. The first-order valence-electron chi connectivity index (χ1n) is 6.28. The molecule has 0 radical (unpaired) electrons. The van der Waals surface area contributed by atoms with Gasteiger partial charge in [-0.25, -0.2) is 4.98 Å². The third kappa shape index (κ3) is 2.80. The van der Waals surface area contributed by atoms with Gasteiger partial charge < -0.3 is 5.32 Å². The van der Waals surface area contributed by atoms with Crippen LogP contribution in [0.2, 0.25) is 0 Å². The van der Waals surface area contributed by atoms with Gasteiger partial charge in [0.1, 0.15) is 5.01 Å². The van der Waals surface area contributed by atoms with Crippen LogP contribution in [0, 0.1) is 0 Å². The number of alkyl halides is 3. The Morgan fingerprint density at radius 2 is 1.73 bits per heavy atom. The molecule has 2 aromatic carbocycles. The van der Waals surface area contributed by atoms with Gasteiger partial charge in [-0.15, -0.1) is 11.3 Å². The highest BCUT2D eigenvalue weighted by atomic mass is 32.1. The van der Waals surface area contributed by atoms with Gasteiger partial charge in [0, 0.05) is 5.56 Å². The van der Waals surface area contributed by atoms with E-state index in [4.69, 9.17) is 0 Å². The first kappa shape index (κ1) is 14.5. The number of amides is 1. The molecular weight excluding hydrogens is 313 g/mol. The zero-order valence-corrected chi connectivity index (χ0v) is 11.8. The molecule has 0 unspecified atom stereocenters. The van der Waals surface area contributed by atoms with Crippen LogP contribution in [-0.4, -0.2) is 17.1 Å². The number of anilines is 1. The monoisotopic (exact) mass is 322 g/mol. The van der Waals surface area contributed by atoms with Crippen molar-refractivity contribution >= 4 is 33.1 Å². The highest BCUT2D eigenvalue weighted by molar-refractivity contribution is 7.21. The van der Waals surface area contributed by atoms with Crippen molar-refractivity contribution in [2.24, 2.45) is 0 Å². The lowest BCUT2D eigenvalue weighted by atomic mass is 10.2. The molecule has 0 aliphatic carbocycles. The third-order valence-corrected chi connectivity index (χ3v) is 4.03. The second-order valence-electron chi connectivity index (χ2n) is 4.48. The van der Waals surface area contributed by atoms with Crippen molar-refractivity contribution in [3.8, 4) is 10.6 Å². The fourth-order valence-corrected chi connectivity index (χ4v) is 2.96. The summed E-state index contributed by atoms with van der Waals surface area (Å²) >= 11 is 1.36. The Morgan fingerprint density at radius 1 is 1.05 bits per heavy atom. The Hall–Kier alpha value is -2.41. The number of fused-ring (bicyclic) bond motifs is 1. The molecule has 1 aromatic heterocycles. The number of carbonyl (C=O) groups excluding carboxylic acids is 1. The van der Waals surface area contributed by atoms with E-state index in [1.54, 1.807) is 18.2 Å². The van der Waals surface area contributed by atoms with E-state index in [9.17, 15) is 18.0 Å². The number of thiazole rings is 1. The number of nitrogens with zero attached hydrogens (tertiary/aromatic N) is 1. The zero-order chi connectivity index (χ0) is 15.7. The molecule has 0 saturated heterocycles. The van der Waals surface area contributed by atoms with Crippen molar-refractivity contribution in [3.05, 3.63) is 48.5 Å². The predicted octanol–water partition coefficient (Wildman–Crippen LogP) is 4.46. The van der Waals surface area contributed by atoms with Crippen molar-refractivity contribution in [1.82, 2.24) is 4.98 Å². The summed E-state index contributed by atoms with van der Waals surface area (Å²) in [6.07, 6.45) is -4.93. The number of carbonyl (C=O) groups is 1. The van der Waals surface area contributed by atoms with Gasteiger partial charge in [-0.05, 0) is 24.3 Å². The number of aromatic nitrogens is 1. The average molecular weight is 322 g/mol. The molecule has 0 aliphatic rings. The normalized spacial score (nSPS) is 11.6. The Bertz CT molecular complexity index is 809. The van der Waals surface area contributed by atoms with Gasteiger partial charge in [-0.1, -0.05) is 24.3 Å². The predicted molar refractivity (Wildman–Crippen MR) is 79.7 cm³/mol. The molecule has 0 bridgehead atoms. The van der Waals surface area contributed by atoms with Gasteiger partial charge in [-0.2, -0.15) is 13.2 Å². The van der Waals surface area contributed by atoms with Crippen molar-refractivity contribution < 1.29 is 18.0 Å². The number of rotatable bonds is 2. The van der Waals surface area contributed by atoms with E-state index in [1.165, 1.54) is 17.4 Å². The van der Waals surface area contributed by atoms with E-state index in [0.29, 0.717) is 10.6 Å². The molecule has 0 fully saturated rings. The lowest BCUT2D eigenvalue weighted by molar-refractivity contribution is -0.167. The molecule has 7 heteroatoms. The maximum absolute atomic E-state index is 12.4. The van der Waals surface area contributed by atoms with Gasteiger partial charge in [0.25, 0.3) is 0 Å². The van der Waals surface area contributed by atoms with Crippen molar-refractivity contribution in [2.75, 3.05) is 5.32 Å². The molecule has 1 amide bonds. The Kier molecular flexibility index (Phi) is 3.58. The largest absolute Gasteiger partial charge is 0.471 e. The maximum atomic E-state index is 12.4. The summed E-state index contributed by atoms with van der Waals surface area (Å²) in [6.45, 7) is 0. The van der Waals surface area contributed by atoms with Crippen molar-refractivity contribution in [2.45, 2.75) is 6.18 Å². The minimum absolute atomic E-state index is 0.0869. The molecule has 3 aromatic rings. The summed E-state index contributed by atoms with van der Waals surface area (Å²) in [5, 5.41) is 2.45. The van der Waals surface area contributed by atoms with Gasteiger partial charge in [0.2, 0.25) is 0 Å². The first-order valence-corrected chi connectivity index (χ1v) is 7.10. The highest BCUT2D eigenvalue weighted by Gasteiger charge is 2.39. The lowest BCUT2D eigenvalue weighted by Crippen LogP contribution is -2.30. The van der Waals surface area contributed by atoms with Crippen LogP contribution in [0.1, 0.15) is 0 Å². The van der Waals surface area contributed by atoms with E-state index >= 15 is 0 Å². The van der Waals surface area contributed by atoms with E-state index in [1.807, 2.05) is 29.6 Å². The second-order valence-corrected chi connectivity index (χ2v) is 5.51. The fourth-order valence-electron chi connectivity index (χ4n) is 1.96. The molecule has 0 atom stereocenters. The lowest BCUT2D eigenvalue weighted by Gasteiger charge is -2.10. The number of hydrogen-bond acceptors (Lipinski definition) is 3. The topological polar surface area (TPSA) is 42.0 Å². The van der Waals surface area contributed by atoms with Crippen molar-refractivity contribution in [3.63, 3.8) is 0 Å². The number of halogens is 3. The van der Waals surface area contributed by atoms with Gasteiger partial charge in [0.15, 0.2) is 0 Å². The smallest absolute Gasteiger partial charge is 0.318 e. The van der Waals surface area contributed by atoms with E-state index < -0.39 is 12.1 Å². The summed E-state index contributed by atoms with van der Waals surface area (Å²) in [5.41, 5.74) is 1.31. The molecule has 0 saturated carbocycles. The fraction of sp³-hybridized carbons (Fsp3) is 0.0667. The molecule has 22 heavy (non-hydrogen) atoms.